The standard InChI is InChI=1S/C20H25N3O3S2/c1-12(2)5-7-21-16(24)9-15-11-28-20-22-13(3)17(19(25)26-4)18(23(15)20)14-6-8-27-10-14/h6,8,10-12,18H,5,7,9H2,1-4H3,(H,21,24)/t18-/m1/s1. The van der Waals surface area contributed by atoms with Crippen molar-refractivity contribution < 1.29 is 14.3 Å². The molecule has 0 unspecified atom stereocenters. The molecule has 1 N–H and O–H groups in total. The normalized spacial score (nSPS) is 18.8. The minimum Gasteiger partial charge on any atom is -0.466 e. The Morgan fingerprint density at radius 1 is 1.39 bits per heavy atom. The highest BCUT2D eigenvalue weighted by Gasteiger charge is 2.41. The van der Waals surface area contributed by atoms with E-state index in [1.807, 2.05) is 34.1 Å². The number of carbonyl (C=O) groups excluding carboxylic acids is 2. The monoisotopic (exact) mass is 419 g/mol. The van der Waals surface area contributed by atoms with Crippen molar-refractivity contribution in [1.29, 1.82) is 0 Å². The molecule has 1 atom stereocenters. The number of hydrogen-bond donors (Lipinski definition) is 1. The zero-order valence-corrected chi connectivity index (χ0v) is 18.2. The van der Waals surface area contributed by atoms with Gasteiger partial charge in [0.1, 0.15) is 0 Å². The lowest BCUT2D eigenvalue weighted by atomic mass is 9.96. The van der Waals surface area contributed by atoms with E-state index in [9.17, 15) is 9.59 Å². The molecule has 3 heterocycles. The van der Waals surface area contributed by atoms with Gasteiger partial charge in [-0.3, -0.25) is 4.79 Å². The summed E-state index contributed by atoms with van der Waals surface area (Å²) in [7, 11) is 1.38. The number of aliphatic imine (C=N–C) groups is 1. The molecule has 1 aromatic rings. The summed E-state index contributed by atoms with van der Waals surface area (Å²) in [5.74, 6) is 0.124. The number of rotatable bonds is 7. The average molecular weight is 420 g/mol. The summed E-state index contributed by atoms with van der Waals surface area (Å²) in [6, 6.07) is 1.66. The third-order valence-corrected chi connectivity index (χ3v) is 6.24. The van der Waals surface area contributed by atoms with Crippen LogP contribution in [0.5, 0.6) is 0 Å². The molecular weight excluding hydrogens is 394 g/mol. The average Bonchev–Trinajstić information content (AvgIpc) is 3.30. The molecule has 150 valence electrons. The number of esters is 1. The second-order valence-corrected chi connectivity index (χ2v) is 8.77. The fraction of sp³-hybridized carbons (Fsp3) is 0.450. The fourth-order valence-electron chi connectivity index (χ4n) is 3.21. The van der Waals surface area contributed by atoms with E-state index >= 15 is 0 Å². The number of fused-ring (bicyclic) bond motifs is 1. The Hall–Kier alpha value is -2.06. The number of allylic oxidation sites excluding steroid dienone is 1. The Morgan fingerprint density at radius 2 is 2.18 bits per heavy atom. The third-order valence-electron chi connectivity index (χ3n) is 4.65. The van der Waals surface area contributed by atoms with Crippen LogP contribution in [0.15, 0.2) is 44.2 Å². The van der Waals surface area contributed by atoms with Gasteiger partial charge in [-0.05, 0) is 47.1 Å². The molecule has 0 aromatic carbocycles. The fourth-order valence-corrected chi connectivity index (χ4v) is 4.86. The van der Waals surface area contributed by atoms with E-state index in [1.54, 1.807) is 11.3 Å². The maximum Gasteiger partial charge on any atom is 0.338 e. The van der Waals surface area contributed by atoms with Crippen LogP contribution in [0.3, 0.4) is 0 Å². The molecule has 28 heavy (non-hydrogen) atoms. The zero-order valence-electron chi connectivity index (χ0n) is 16.5. The minimum atomic E-state index is -0.394. The quantitative estimate of drug-likeness (QED) is 0.675. The molecule has 8 heteroatoms. The van der Waals surface area contributed by atoms with Crippen molar-refractivity contribution in [2.24, 2.45) is 10.9 Å². The molecule has 0 aliphatic carbocycles. The highest BCUT2D eigenvalue weighted by Crippen LogP contribution is 2.45. The molecule has 0 spiro atoms. The van der Waals surface area contributed by atoms with Crippen LogP contribution >= 0.6 is 23.1 Å². The van der Waals surface area contributed by atoms with Gasteiger partial charge in [0.25, 0.3) is 0 Å². The number of methoxy groups -OCH3 is 1. The van der Waals surface area contributed by atoms with Crippen LogP contribution in [-0.4, -0.2) is 35.6 Å². The first-order chi connectivity index (χ1) is 13.4. The molecule has 1 aromatic heterocycles. The first-order valence-electron chi connectivity index (χ1n) is 9.23. The number of nitrogens with one attached hydrogen (secondary N) is 1. The van der Waals surface area contributed by atoms with Gasteiger partial charge in [0.2, 0.25) is 5.91 Å². The number of amidine groups is 1. The second-order valence-electron chi connectivity index (χ2n) is 7.15. The van der Waals surface area contributed by atoms with Crippen molar-refractivity contribution in [2.75, 3.05) is 13.7 Å². The van der Waals surface area contributed by atoms with E-state index in [0.717, 1.165) is 22.8 Å². The second kappa shape index (κ2) is 8.96. The smallest absolute Gasteiger partial charge is 0.338 e. The molecular formula is C20H25N3O3S2. The van der Waals surface area contributed by atoms with Crippen LogP contribution in [0, 0.1) is 5.92 Å². The van der Waals surface area contributed by atoms with Gasteiger partial charge in [-0.1, -0.05) is 25.6 Å². The molecule has 0 fully saturated rings. The summed E-state index contributed by atoms with van der Waals surface area (Å²) in [6.07, 6.45) is 1.19. The lowest BCUT2D eigenvalue weighted by molar-refractivity contribution is -0.136. The van der Waals surface area contributed by atoms with Crippen LogP contribution in [-0.2, 0) is 14.3 Å². The number of carbonyl (C=O) groups is 2. The highest BCUT2D eigenvalue weighted by atomic mass is 32.2. The maximum absolute atomic E-state index is 12.5. The van der Waals surface area contributed by atoms with E-state index in [-0.39, 0.29) is 18.4 Å². The molecule has 0 saturated heterocycles. The van der Waals surface area contributed by atoms with Crippen LogP contribution in [0.4, 0.5) is 0 Å². The lowest BCUT2D eigenvalue weighted by Crippen LogP contribution is -2.37. The summed E-state index contributed by atoms with van der Waals surface area (Å²) >= 11 is 3.05. The minimum absolute atomic E-state index is 0.0243. The van der Waals surface area contributed by atoms with Gasteiger partial charge in [0.05, 0.1) is 30.8 Å². The predicted molar refractivity (Wildman–Crippen MR) is 114 cm³/mol. The van der Waals surface area contributed by atoms with Crippen LogP contribution in [0.1, 0.15) is 45.2 Å². The number of amides is 1. The number of ether oxygens (including phenoxy) is 1. The largest absolute Gasteiger partial charge is 0.466 e. The van der Waals surface area contributed by atoms with Crippen molar-refractivity contribution in [3.05, 3.63) is 44.8 Å². The van der Waals surface area contributed by atoms with Gasteiger partial charge in [-0.25, -0.2) is 9.79 Å². The van der Waals surface area contributed by atoms with Gasteiger partial charge < -0.3 is 15.0 Å². The summed E-state index contributed by atoms with van der Waals surface area (Å²) in [5, 5.41) is 9.72. The Morgan fingerprint density at radius 3 is 2.82 bits per heavy atom. The predicted octanol–water partition coefficient (Wildman–Crippen LogP) is 4.05. The Kier molecular flexibility index (Phi) is 6.61. The summed E-state index contributed by atoms with van der Waals surface area (Å²) in [4.78, 5) is 31.6. The molecule has 2 aliphatic heterocycles. The summed E-state index contributed by atoms with van der Waals surface area (Å²) < 4.78 is 5.03. The van der Waals surface area contributed by atoms with Crippen LogP contribution in [0.2, 0.25) is 0 Å². The molecule has 6 nitrogen and oxygen atoms in total. The van der Waals surface area contributed by atoms with Crippen molar-refractivity contribution in [3.8, 4) is 0 Å². The van der Waals surface area contributed by atoms with Gasteiger partial charge in [0.15, 0.2) is 5.17 Å². The number of hydrogen-bond acceptors (Lipinski definition) is 7. The lowest BCUT2D eigenvalue weighted by Gasteiger charge is -2.35. The van der Waals surface area contributed by atoms with Gasteiger partial charge in [0, 0.05) is 12.2 Å². The molecule has 0 radical (unpaired) electrons. The van der Waals surface area contributed by atoms with Crippen LogP contribution < -0.4 is 5.32 Å². The van der Waals surface area contributed by atoms with Crippen molar-refractivity contribution in [2.45, 2.75) is 39.7 Å². The maximum atomic E-state index is 12.5. The van der Waals surface area contributed by atoms with E-state index in [4.69, 9.17) is 4.74 Å². The van der Waals surface area contributed by atoms with Crippen molar-refractivity contribution >= 4 is 40.1 Å². The first kappa shape index (κ1) is 20.7. The highest BCUT2D eigenvalue weighted by molar-refractivity contribution is 8.16. The molecule has 2 aliphatic rings. The first-order valence-corrected chi connectivity index (χ1v) is 11.1. The van der Waals surface area contributed by atoms with Crippen LogP contribution in [0.25, 0.3) is 0 Å². The topological polar surface area (TPSA) is 71.0 Å². The molecule has 0 bridgehead atoms. The summed E-state index contributed by atoms with van der Waals surface area (Å²) in [6.45, 7) is 6.76. The number of thiophene rings is 1. The van der Waals surface area contributed by atoms with Gasteiger partial charge in [-0.2, -0.15) is 11.3 Å². The van der Waals surface area contributed by atoms with E-state index in [1.165, 1.54) is 18.9 Å². The molecule has 3 rings (SSSR count). The Balaban J connectivity index is 1.85. The van der Waals surface area contributed by atoms with E-state index in [2.05, 4.69) is 24.2 Å². The van der Waals surface area contributed by atoms with Crippen molar-refractivity contribution in [1.82, 2.24) is 10.2 Å². The summed E-state index contributed by atoms with van der Waals surface area (Å²) in [5.41, 5.74) is 3.00. The number of thioether (sulfide) groups is 1. The van der Waals surface area contributed by atoms with E-state index < -0.39 is 5.97 Å². The zero-order chi connectivity index (χ0) is 20.3. The van der Waals surface area contributed by atoms with Crippen molar-refractivity contribution in [3.63, 3.8) is 0 Å². The van der Waals surface area contributed by atoms with Gasteiger partial charge in [-0.15, -0.1) is 0 Å². The van der Waals surface area contributed by atoms with E-state index in [0.29, 0.717) is 23.7 Å². The number of nitrogens with zero attached hydrogens (tertiary/aromatic N) is 2. The Labute approximate surface area is 173 Å². The third kappa shape index (κ3) is 4.33. The Bertz CT molecular complexity index is 841. The van der Waals surface area contributed by atoms with Gasteiger partial charge >= 0.3 is 5.97 Å². The SMILES string of the molecule is COC(=O)C1=C(C)N=C2SC=C(CC(=O)NCCC(C)C)N2[C@@H]1c1ccsc1. The molecule has 1 amide bonds. The molecule has 0 saturated carbocycles.